The largest absolute Gasteiger partial charge is 0.507 e. The van der Waals surface area contributed by atoms with E-state index in [0.717, 1.165) is 103 Å². The Balaban J connectivity index is 0.000000194. The fourth-order valence-corrected chi connectivity index (χ4v) is 9.73. The fraction of sp³-hybridized carbons (Fsp3) is 0. The van der Waals surface area contributed by atoms with Gasteiger partial charge in [0.1, 0.15) is 11.5 Å². The molecule has 0 amide bonds. The minimum absolute atomic E-state index is 0.0971. The summed E-state index contributed by atoms with van der Waals surface area (Å²) in [5.41, 5.74) is -3.12. The molecule has 0 radical (unpaired) electrons. The standard InChI is InChI=1S/3C13H10O7.3C13H10O6/c14-7-4-9(16)8(15)3-6(7)12(19)5-1-10(17)13(20)11(18)2-5;14-7-2-1-5(12(19)13(7)20)11(18)6-3-9(16)10(17)4-8(6)15;14-7-2-1-5(3-8(7)15)10(17)6-4-9(16)12(19)13(20)11(6)18;2*14-8-3-1-2-7(12(8)18)11(17)6-4-9(15)13(19)10(16)5-6;14-8-3-1-2-6(11(8)17)10(16)7-4-5-9(15)13(19)12(7)18/h1-4,14-18,20H;1-4,14-17,19-20H;1-4,14-16,18-20H;2*1-5,14-16,18-19H;1-5,14-15,17-19H. The van der Waals surface area contributed by atoms with E-state index in [4.69, 9.17) is 25.5 Å². The van der Waals surface area contributed by atoms with Crippen LogP contribution in [0.15, 0.2) is 164 Å². The minimum Gasteiger partial charge on any atom is -0.507 e. The number of ketones is 6. The molecule has 12 aromatic rings. The van der Waals surface area contributed by atoms with Gasteiger partial charge in [0.05, 0.1) is 44.5 Å². The second kappa shape index (κ2) is 35.2. The summed E-state index contributed by atoms with van der Waals surface area (Å²) in [5.74, 6) is -27.2. The zero-order chi connectivity index (χ0) is 87.5. The molecule has 39 heteroatoms. The van der Waals surface area contributed by atoms with Crippen molar-refractivity contribution >= 4 is 34.7 Å². The number of phenols is 33. The summed E-state index contributed by atoms with van der Waals surface area (Å²) >= 11 is 0. The van der Waals surface area contributed by atoms with E-state index in [2.05, 4.69) is 0 Å². The third kappa shape index (κ3) is 18.9. The highest BCUT2D eigenvalue weighted by Crippen LogP contribution is 2.48. The number of carbonyl (C=O) groups excluding carboxylic acids is 6. The maximum Gasteiger partial charge on any atom is 0.205 e. The first-order valence-corrected chi connectivity index (χ1v) is 31.7. The quantitative estimate of drug-likeness (QED) is 0.0315. The normalized spacial score (nSPS) is 10.4. The van der Waals surface area contributed by atoms with Gasteiger partial charge < -0.3 is 169 Å². The minimum atomic E-state index is -1.03. The number of benzene rings is 12. The summed E-state index contributed by atoms with van der Waals surface area (Å²) in [6.45, 7) is 0. The number of rotatable bonds is 12. The molecule has 0 aromatic heterocycles. The molecule has 606 valence electrons. The van der Waals surface area contributed by atoms with Gasteiger partial charge in [0, 0.05) is 34.4 Å². The topological polar surface area (TPSA) is 770 Å². The second-order valence-electron chi connectivity index (χ2n) is 23.7. The number of carbonyl (C=O) groups is 6. The van der Waals surface area contributed by atoms with Crippen LogP contribution in [0.4, 0.5) is 0 Å². The van der Waals surface area contributed by atoms with Crippen molar-refractivity contribution in [1.29, 1.82) is 0 Å². The van der Waals surface area contributed by atoms with Crippen molar-refractivity contribution < 1.29 is 197 Å². The first-order valence-electron chi connectivity index (χ1n) is 31.7. The Labute approximate surface area is 649 Å². The molecule has 0 aliphatic rings. The Bertz CT molecular complexity index is 5770. The highest BCUT2D eigenvalue weighted by atomic mass is 16.4. The van der Waals surface area contributed by atoms with Crippen LogP contribution >= 0.6 is 0 Å². The Hall–Kier alpha value is -17.9. The lowest BCUT2D eigenvalue weighted by Gasteiger charge is -2.09. The summed E-state index contributed by atoms with van der Waals surface area (Å²) in [5, 5.41) is 308. The Morgan fingerprint density at radius 3 is 0.692 bits per heavy atom. The van der Waals surface area contributed by atoms with E-state index in [1.54, 1.807) is 0 Å². The van der Waals surface area contributed by atoms with Crippen molar-refractivity contribution in [3.05, 3.63) is 231 Å². The molecular formula is C78H60O39. The van der Waals surface area contributed by atoms with Gasteiger partial charge in [-0.1, -0.05) is 18.2 Å². The number of hydrogen-bond donors (Lipinski definition) is 33. The third-order valence-electron chi connectivity index (χ3n) is 15.9. The Morgan fingerprint density at radius 1 is 0.128 bits per heavy atom. The van der Waals surface area contributed by atoms with E-state index < -0.39 is 230 Å². The first kappa shape index (κ1) is 86.3. The van der Waals surface area contributed by atoms with Crippen molar-refractivity contribution in [1.82, 2.24) is 0 Å². The van der Waals surface area contributed by atoms with Crippen LogP contribution < -0.4 is 0 Å². The van der Waals surface area contributed by atoms with Crippen molar-refractivity contribution in [3.63, 3.8) is 0 Å². The van der Waals surface area contributed by atoms with Gasteiger partial charge in [-0.3, -0.25) is 28.8 Å². The highest BCUT2D eigenvalue weighted by Gasteiger charge is 2.28. The molecule has 0 saturated carbocycles. The van der Waals surface area contributed by atoms with Gasteiger partial charge in [-0.05, 0) is 133 Å². The molecule has 0 atom stereocenters. The maximum atomic E-state index is 12.1. The molecule has 0 aliphatic heterocycles. The number of hydrogen-bond acceptors (Lipinski definition) is 39. The molecule has 0 saturated heterocycles. The second-order valence-corrected chi connectivity index (χ2v) is 23.7. The molecule has 117 heavy (non-hydrogen) atoms. The summed E-state index contributed by atoms with van der Waals surface area (Å²) in [7, 11) is 0. The summed E-state index contributed by atoms with van der Waals surface area (Å²) < 4.78 is 0. The van der Waals surface area contributed by atoms with Crippen LogP contribution in [0.25, 0.3) is 0 Å². The van der Waals surface area contributed by atoms with E-state index >= 15 is 0 Å². The molecule has 0 heterocycles. The average Bonchev–Trinajstić information content (AvgIpc) is 0.803. The van der Waals surface area contributed by atoms with Crippen LogP contribution in [0, 0.1) is 0 Å². The van der Waals surface area contributed by atoms with Crippen LogP contribution in [0.5, 0.6) is 190 Å². The van der Waals surface area contributed by atoms with E-state index in [1.165, 1.54) is 60.7 Å². The van der Waals surface area contributed by atoms with E-state index in [9.17, 15) is 172 Å². The molecule has 12 rings (SSSR count). The molecule has 12 aromatic carbocycles. The molecule has 0 bridgehead atoms. The van der Waals surface area contributed by atoms with Gasteiger partial charge in [-0.25, -0.2) is 0 Å². The van der Waals surface area contributed by atoms with Crippen molar-refractivity contribution in [2.24, 2.45) is 0 Å². The van der Waals surface area contributed by atoms with Crippen molar-refractivity contribution in [2.45, 2.75) is 0 Å². The molecule has 0 unspecified atom stereocenters. The lowest BCUT2D eigenvalue weighted by molar-refractivity contribution is 0.102. The number of para-hydroxylation sites is 3. The van der Waals surface area contributed by atoms with Gasteiger partial charge in [0.15, 0.2) is 178 Å². The smallest absolute Gasteiger partial charge is 0.205 e. The average molecular weight is 1620 g/mol. The molecule has 39 nitrogen and oxygen atoms in total. The van der Waals surface area contributed by atoms with Crippen molar-refractivity contribution in [3.8, 4) is 190 Å². The SMILES string of the molecule is O=C(c1cc(O)c(O)c(O)c1)c1cc(O)c(O)cc1O.O=C(c1cc(O)c(O)c(O)c1)c1cccc(O)c1O.O=C(c1cc(O)c(O)c(O)c1)c1cccc(O)c1O.O=C(c1cc(O)c(O)cc1O)c1ccc(O)c(O)c1O.O=C(c1ccc(O)c(O)c1)c1cc(O)c(O)c(O)c1O.O=C(c1cccc(O)c1O)c1ccc(O)c(O)c1O. The maximum absolute atomic E-state index is 12.1. The van der Waals surface area contributed by atoms with E-state index in [-0.39, 0.29) is 61.2 Å². The summed E-state index contributed by atoms with van der Waals surface area (Å²) in [6.07, 6.45) is 0. The number of phenolic OH excluding ortho intramolecular Hbond substituents is 33. The lowest BCUT2D eigenvalue weighted by atomic mass is 10.0. The highest BCUT2D eigenvalue weighted by molar-refractivity contribution is 6.16. The van der Waals surface area contributed by atoms with Crippen LogP contribution in [0.1, 0.15) is 95.5 Å². The monoisotopic (exact) mass is 1620 g/mol. The molecule has 0 fully saturated rings. The summed E-state index contributed by atoms with van der Waals surface area (Å²) in [4.78, 5) is 72.5. The van der Waals surface area contributed by atoms with Crippen LogP contribution in [0.2, 0.25) is 0 Å². The predicted molar refractivity (Wildman–Crippen MR) is 393 cm³/mol. The zero-order valence-corrected chi connectivity index (χ0v) is 58.3. The van der Waals surface area contributed by atoms with Gasteiger partial charge >= 0.3 is 0 Å². The summed E-state index contributed by atoms with van der Waals surface area (Å²) in [6, 6.07) is 28.4. The molecule has 0 spiro atoms. The first-order chi connectivity index (χ1) is 54.7. The third-order valence-corrected chi connectivity index (χ3v) is 15.9. The lowest BCUT2D eigenvalue weighted by Crippen LogP contribution is -2.02. The molecule has 0 aliphatic carbocycles. The Kier molecular flexibility index (Phi) is 25.9. The molecular weight excluding hydrogens is 1560 g/mol. The van der Waals surface area contributed by atoms with E-state index in [0.29, 0.717) is 0 Å². The van der Waals surface area contributed by atoms with Gasteiger partial charge in [-0.15, -0.1) is 0 Å². The van der Waals surface area contributed by atoms with E-state index in [1.807, 2.05) is 0 Å². The van der Waals surface area contributed by atoms with Crippen LogP contribution in [0.3, 0.4) is 0 Å². The van der Waals surface area contributed by atoms with Crippen molar-refractivity contribution in [2.75, 3.05) is 0 Å². The van der Waals surface area contributed by atoms with Crippen LogP contribution in [-0.4, -0.2) is 203 Å². The van der Waals surface area contributed by atoms with Gasteiger partial charge in [0.25, 0.3) is 0 Å². The van der Waals surface area contributed by atoms with Crippen LogP contribution in [-0.2, 0) is 0 Å². The molecule has 33 N–H and O–H groups in total. The fourth-order valence-electron chi connectivity index (χ4n) is 9.73. The predicted octanol–water partition coefficient (Wildman–Crippen LogP) is 7.79. The Morgan fingerprint density at radius 2 is 0.350 bits per heavy atom. The van der Waals surface area contributed by atoms with Gasteiger partial charge in [-0.2, -0.15) is 0 Å². The van der Waals surface area contributed by atoms with Gasteiger partial charge in [0.2, 0.25) is 34.6 Å². The zero-order valence-electron chi connectivity index (χ0n) is 58.3. The number of aromatic hydroxyl groups is 33.